The van der Waals surface area contributed by atoms with Crippen molar-refractivity contribution in [1.82, 2.24) is 29.4 Å². The van der Waals surface area contributed by atoms with Gasteiger partial charge < -0.3 is 4.90 Å². The maximum atomic E-state index is 12.7. The van der Waals surface area contributed by atoms with E-state index in [1.54, 1.807) is 10.9 Å². The average Bonchev–Trinajstić information content (AvgIpc) is 3.13. The van der Waals surface area contributed by atoms with Gasteiger partial charge in [0.15, 0.2) is 0 Å². The van der Waals surface area contributed by atoms with E-state index in [1.165, 1.54) is 5.56 Å². The highest BCUT2D eigenvalue weighted by atomic mass is 35.5. The van der Waals surface area contributed by atoms with E-state index in [0.29, 0.717) is 5.02 Å². The SMILES string of the molecule is Cc1c(Cl)cnn1C(C)C(=O)N1CCN(Cc2cnn(C)c2)CC1. The molecule has 24 heavy (non-hydrogen) atoms. The number of amides is 1. The third-order valence-corrected chi connectivity index (χ3v) is 4.93. The summed E-state index contributed by atoms with van der Waals surface area (Å²) < 4.78 is 3.51. The number of aromatic nitrogens is 4. The van der Waals surface area contributed by atoms with Gasteiger partial charge in [0.1, 0.15) is 6.04 Å². The third kappa shape index (κ3) is 3.47. The van der Waals surface area contributed by atoms with Crippen LogP contribution in [0.25, 0.3) is 0 Å². The van der Waals surface area contributed by atoms with Gasteiger partial charge in [-0.1, -0.05) is 11.6 Å². The van der Waals surface area contributed by atoms with Crippen LogP contribution in [0.5, 0.6) is 0 Å². The van der Waals surface area contributed by atoms with Crippen LogP contribution >= 0.6 is 11.6 Å². The molecule has 0 aromatic carbocycles. The Hall–Kier alpha value is -1.86. The summed E-state index contributed by atoms with van der Waals surface area (Å²) >= 11 is 6.04. The minimum absolute atomic E-state index is 0.0962. The summed E-state index contributed by atoms with van der Waals surface area (Å²) in [5.74, 6) is 0.0962. The predicted octanol–water partition coefficient (Wildman–Crippen LogP) is 1.48. The quantitative estimate of drug-likeness (QED) is 0.838. The lowest BCUT2D eigenvalue weighted by molar-refractivity contribution is -0.136. The van der Waals surface area contributed by atoms with E-state index in [0.717, 1.165) is 38.4 Å². The van der Waals surface area contributed by atoms with Gasteiger partial charge >= 0.3 is 0 Å². The topological polar surface area (TPSA) is 59.2 Å². The minimum Gasteiger partial charge on any atom is -0.338 e. The molecule has 1 saturated heterocycles. The summed E-state index contributed by atoms with van der Waals surface area (Å²) in [7, 11) is 1.92. The van der Waals surface area contributed by atoms with Crippen molar-refractivity contribution in [2.24, 2.45) is 7.05 Å². The van der Waals surface area contributed by atoms with Crippen molar-refractivity contribution in [2.45, 2.75) is 26.4 Å². The standard InChI is InChI=1S/C16H23ClN6O/c1-12-15(17)9-19-23(12)13(2)16(24)22-6-4-21(5-7-22)11-14-8-18-20(3)10-14/h8-10,13H,4-7,11H2,1-3H3. The molecule has 3 rings (SSSR count). The van der Waals surface area contributed by atoms with Gasteiger partial charge in [-0.3, -0.25) is 19.1 Å². The fourth-order valence-corrected chi connectivity index (χ4v) is 3.23. The Morgan fingerprint density at radius 3 is 2.50 bits per heavy atom. The van der Waals surface area contributed by atoms with Crippen molar-refractivity contribution >= 4 is 17.5 Å². The summed E-state index contributed by atoms with van der Waals surface area (Å²) in [6, 6.07) is -0.331. The molecule has 1 atom stereocenters. The lowest BCUT2D eigenvalue weighted by Crippen LogP contribution is -2.50. The van der Waals surface area contributed by atoms with E-state index in [4.69, 9.17) is 11.6 Å². The van der Waals surface area contributed by atoms with Crippen molar-refractivity contribution in [3.05, 3.63) is 34.9 Å². The average molecular weight is 351 g/mol. The second-order valence-electron chi connectivity index (χ2n) is 6.32. The maximum Gasteiger partial charge on any atom is 0.247 e. The molecule has 0 N–H and O–H groups in total. The van der Waals surface area contributed by atoms with Crippen molar-refractivity contribution in [3.63, 3.8) is 0 Å². The Labute approximate surface area is 146 Å². The number of carbonyl (C=O) groups is 1. The van der Waals surface area contributed by atoms with Gasteiger partial charge in [-0.25, -0.2) is 0 Å². The van der Waals surface area contributed by atoms with Gasteiger partial charge in [0.2, 0.25) is 5.91 Å². The Bertz CT molecular complexity index is 716. The Balaban J connectivity index is 1.56. The minimum atomic E-state index is -0.331. The zero-order chi connectivity index (χ0) is 17.3. The first-order valence-electron chi connectivity index (χ1n) is 8.14. The Morgan fingerprint density at radius 2 is 1.96 bits per heavy atom. The third-order valence-electron chi connectivity index (χ3n) is 4.56. The van der Waals surface area contributed by atoms with Gasteiger partial charge in [-0.15, -0.1) is 0 Å². The molecule has 1 amide bonds. The predicted molar refractivity (Wildman–Crippen MR) is 91.8 cm³/mol. The number of aryl methyl sites for hydroxylation is 1. The van der Waals surface area contributed by atoms with Crippen LogP contribution in [-0.4, -0.2) is 61.4 Å². The smallest absolute Gasteiger partial charge is 0.247 e. The highest BCUT2D eigenvalue weighted by Crippen LogP contribution is 2.20. The molecule has 7 nitrogen and oxygen atoms in total. The maximum absolute atomic E-state index is 12.7. The number of hydrogen-bond acceptors (Lipinski definition) is 4. The number of hydrogen-bond donors (Lipinski definition) is 0. The number of piperazine rings is 1. The van der Waals surface area contributed by atoms with E-state index in [1.807, 2.05) is 42.9 Å². The molecule has 0 bridgehead atoms. The summed E-state index contributed by atoms with van der Waals surface area (Å²) in [6.07, 6.45) is 5.51. The summed E-state index contributed by atoms with van der Waals surface area (Å²) in [6.45, 7) is 7.83. The zero-order valence-electron chi connectivity index (χ0n) is 14.3. The fourth-order valence-electron chi connectivity index (χ4n) is 3.10. The van der Waals surface area contributed by atoms with E-state index in [9.17, 15) is 4.79 Å². The van der Waals surface area contributed by atoms with Crippen LogP contribution in [0.4, 0.5) is 0 Å². The summed E-state index contributed by atoms with van der Waals surface area (Å²) in [5.41, 5.74) is 2.03. The van der Waals surface area contributed by atoms with Crippen molar-refractivity contribution < 1.29 is 4.79 Å². The molecule has 3 heterocycles. The molecule has 0 saturated carbocycles. The molecular formula is C16H23ClN6O. The number of rotatable bonds is 4. The molecule has 0 radical (unpaired) electrons. The molecule has 0 aliphatic carbocycles. The molecule has 1 aliphatic heterocycles. The lowest BCUT2D eigenvalue weighted by atomic mass is 10.2. The van der Waals surface area contributed by atoms with E-state index >= 15 is 0 Å². The van der Waals surface area contributed by atoms with Gasteiger partial charge in [-0.2, -0.15) is 10.2 Å². The normalized spacial score (nSPS) is 17.2. The molecule has 1 unspecified atom stereocenters. The second-order valence-corrected chi connectivity index (χ2v) is 6.73. The van der Waals surface area contributed by atoms with Gasteiger partial charge in [0.05, 0.1) is 23.1 Å². The lowest BCUT2D eigenvalue weighted by Gasteiger charge is -2.35. The van der Waals surface area contributed by atoms with Crippen LogP contribution in [0, 0.1) is 6.92 Å². The molecule has 8 heteroatoms. The van der Waals surface area contributed by atoms with Crippen molar-refractivity contribution in [1.29, 1.82) is 0 Å². The first-order valence-corrected chi connectivity index (χ1v) is 8.52. The molecule has 2 aromatic heterocycles. The summed E-state index contributed by atoms with van der Waals surface area (Å²) in [4.78, 5) is 17.0. The number of carbonyl (C=O) groups excluding carboxylic acids is 1. The van der Waals surface area contributed by atoms with E-state index in [-0.39, 0.29) is 11.9 Å². The first kappa shape index (κ1) is 17.0. The van der Waals surface area contributed by atoms with Crippen LogP contribution in [0.1, 0.15) is 24.2 Å². The van der Waals surface area contributed by atoms with Crippen LogP contribution in [0.3, 0.4) is 0 Å². The fraction of sp³-hybridized carbons (Fsp3) is 0.562. The highest BCUT2D eigenvalue weighted by Gasteiger charge is 2.27. The molecule has 130 valence electrons. The van der Waals surface area contributed by atoms with Crippen molar-refractivity contribution in [3.8, 4) is 0 Å². The Kier molecular flexibility index (Phi) is 4.91. The van der Waals surface area contributed by atoms with E-state index < -0.39 is 0 Å². The van der Waals surface area contributed by atoms with Crippen LogP contribution in [-0.2, 0) is 18.4 Å². The second kappa shape index (κ2) is 6.94. The molecule has 1 fully saturated rings. The van der Waals surface area contributed by atoms with E-state index in [2.05, 4.69) is 15.1 Å². The first-order chi connectivity index (χ1) is 11.5. The van der Waals surface area contributed by atoms with Crippen LogP contribution in [0.15, 0.2) is 18.6 Å². The monoisotopic (exact) mass is 350 g/mol. The van der Waals surface area contributed by atoms with Crippen LogP contribution in [0.2, 0.25) is 5.02 Å². The number of nitrogens with zero attached hydrogens (tertiary/aromatic N) is 6. The molecule has 1 aliphatic rings. The van der Waals surface area contributed by atoms with Crippen LogP contribution < -0.4 is 0 Å². The largest absolute Gasteiger partial charge is 0.338 e. The zero-order valence-corrected chi connectivity index (χ0v) is 15.1. The van der Waals surface area contributed by atoms with Gasteiger partial charge in [-0.05, 0) is 13.8 Å². The van der Waals surface area contributed by atoms with Gasteiger partial charge in [0, 0.05) is 51.5 Å². The number of halogens is 1. The van der Waals surface area contributed by atoms with Gasteiger partial charge in [0.25, 0.3) is 0 Å². The Morgan fingerprint density at radius 1 is 1.25 bits per heavy atom. The van der Waals surface area contributed by atoms with Crippen molar-refractivity contribution in [2.75, 3.05) is 26.2 Å². The molecule has 0 spiro atoms. The molecule has 2 aromatic rings. The summed E-state index contributed by atoms with van der Waals surface area (Å²) in [5, 5.41) is 9.01. The molecular weight excluding hydrogens is 328 g/mol. The highest BCUT2D eigenvalue weighted by molar-refractivity contribution is 6.31.